The minimum absolute atomic E-state index is 0.181. The zero-order chi connectivity index (χ0) is 11.3. The van der Waals surface area contributed by atoms with E-state index < -0.39 is 0 Å². The fourth-order valence-electron chi connectivity index (χ4n) is 1.51. The Labute approximate surface area is 90.1 Å². The van der Waals surface area contributed by atoms with Crippen molar-refractivity contribution in [2.24, 2.45) is 0 Å². The van der Waals surface area contributed by atoms with Gasteiger partial charge >= 0.3 is 0 Å². The average Bonchev–Trinajstić information content (AvgIpc) is 2.21. The van der Waals surface area contributed by atoms with Gasteiger partial charge in [0.15, 0.2) is 0 Å². The van der Waals surface area contributed by atoms with Crippen LogP contribution in [0.5, 0.6) is 0 Å². The van der Waals surface area contributed by atoms with Crippen LogP contribution in [0.1, 0.15) is 31.9 Å². The lowest BCUT2D eigenvalue weighted by Crippen LogP contribution is -2.28. The molecule has 0 aliphatic carbocycles. The van der Waals surface area contributed by atoms with Gasteiger partial charge in [0.2, 0.25) is 0 Å². The molecule has 0 saturated heterocycles. The largest absolute Gasteiger partial charge is 0.392 e. The molecule has 0 saturated carbocycles. The van der Waals surface area contributed by atoms with Crippen molar-refractivity contribution < 1.29 is 9.50 Å². The molecule has 15 heavy (non-hydrogen) atoms. The molecule has 0 spiro atoms. The van der Waals surface area contributed by atoms with Gasteiger partial charge in [0.25, 0.3) is 0 Å². The predicted molar refractivity (Wildman–Crippen MR) is 59.1 cm³/mol. The van der Waals surface area contributed by atoms with Crippen LogP contribution in [0.4, 0.5) is 4.39 Å². The predicted octanol–water partition coefficient (Wildman–Crippen LogP) is 2.25. The summed E-state index contributed by atoms with van der Waals surface area (Å²) in [6.07, 6.45) is 0.553. The van der Waals surface area contributed by atoms with E-state index in [1.807, 2.05) is 0 Å². The van der Waals surface area contributed by atoms with E-state index in [0.717, 1.165) is 12.0 Å². The third kappa shape index (κ3) is 3.98. The van der Waals surface area contributed by atoms with Gasteiger partial charge < -0.3 is 10.4 Å². The molecule has 0 aromatic heterocycles. The van der Waals surface area contributed by atoms with Crippen molar-refractivity contribution in [2.45, 2.75) is 32.4 Å². The highest BCUT2D eigenvalue weighted by Crippen LogP contribution is 2.16. The van der Waals surface area contributed by atoms with Gasteiger partial charge in [0, 0.05) is 12.6 Å². The topological polar surface area (TPSA) is 32.3 Å². The molecule has 1 aromatic rings. The summed E-state index contributed by atoms with van der Waals surface area (Å²) in [4.78, 5) is 0. The van der Waals surface area contributed by atoms with E-state index in [2.05, 4.69) is 12.2 Å². The van der Waals surface area contributed by atoms with Crippen LogP contribution in [0.2, 0.25) is 0 Å². The maximum absolute atomic E-state index is 12.7. The van der Waals surface area contributed by atoms with Crippen LogP contribution in [0, 0.1) is 5.82 Å². The molecule has 1 aromatic carbocycles. The summed E-state index contributed by atoms with van der Waals surface area (Å²) in [7, 11) is 0. The van der Waals surface area contributed by atoms with Gasteiger partial charge in [-0.15, -0.1) is 0 Å². The zero-order valence-electron chi connectivity index (χ0n) is 9.20. The second-order valence-electron chi connectivity index (χ2n) is 3.77. The minimum atomic E-state index is -0.362. The maximum atomic E-state index is 12.7. The molecule has 2 N–H and O–H groups in total. The summed E-state index contributed by atoms with van der Waals surface area (Å²) in [6, 6.07) is 6.65. The zero-order valence-corrected chi connectivity index (χ0v) is 9.20. The quantitative estimate of drug-likeness (QED) is 0.783. The Kier molecular flexibility index (Phi) is 4.72. The lowest BCUT2D eigenvalue weighted by molar-refractivity contribution is 0.185. The van der Waals surface area contributed by atoms with E-state index in [9.17, 15) is 4.39 Å². The molecular formula is C12H18FNO. The molecular weight excluding hydrogens is 193 g/mol. The molecule has 0 unspecified atom stereocenters. The van der Waals surface area contributed by atoms with Gasteiger partial charge in [-0.1, -0.05) is 19.1 Å². The highest BCUT2D eigenvalue weighted by molar-refractivity contribution is 5.19. The lowest BCUT2D eigenvalue weighted by Gasteiger charge is -2.18. The van der Waals surface area contributed by atoms with Crippen molar-refractivity contribution in [1.29, 1.82) is 0 Å². The molecule has 0 heterocycles. The standard InChI is InChI=1S/C12H18FNO/c1-3-12(14-8-9(2)15)10-4-6-11(13)7-5-10/h4-7,9,12,14-15H,3,8H2,1-2H3/t9-,12+/m0/s1. The van der Waals surface area contributed by atoms with Crippen molar-refractivity contribution >= 4 is 0 Å². The number of benzene rings is 1. The van der Waals surface area contributed by atoms with E-state index in [4.69, 9.17) is 5.11 Å². The number of hydrogen-bond donors (Lipinski definition) is 2. The number of halogens is 1. The van der Waals surface area contributed by atoms with Crippen molar-refractivity contribution in [3.8, 4) is 0 Å². The van der Waals surface area contributed by atoms with Crippen molar-refractivity contribution in [1.82, 2.24) is 5.32 Å². The number of aliphatic hydroxyl groups is 1. The SMILES string of the molecule is CC[C@@H](NC[C@H](C)O)c1ccc(F)cc1. The normalized spacial score (nSPS) is 14.9. The summed E-state index contributed by atoms with van der Waals surface area (Å²) in [5, 5.41) is 12.4. The monoisotopic (exact) mass is 211 g/mol. The van der Waals surface area contributed by atoms with Crippen molar-refractivity contribution in [3.63, 3.8) is 0 Å². The van der Waals surface area contributed by atoms with E-state index in [-0.39, 0.29) is 18.0 Å². The van der Waals surface area contributed by atoms with Crippen molar-refractivity contribution in [2.75, 3.05) is 6.54 Å². The Balaban J connectivity index is 2.61. The molecule has 2 atom stereocenters. The van der Waals surface area contributed by atoms with Gasteiger partial charge in [0.1, 0.15) is 5.82 Å². The molecule has 84 valence electrons. The third-order valence-corrected chi connectivity index (χ3v) is 2.34. The Morgan fingerprint density at radius 1 is 1.33 bits per heavy atom. The van der Waals surface area contributed by atoms with Crippen LogP contribution in [-0.2, 0) is 0 Å². The van der Waals surface area contributed by atoms with Crippen LogP contribution < -0.4 is 5.32 Å². The average molecular weight is 211 g/mol. The van der Waals surface area contributed by atoms with Gasteiger partial charge in [0.05, 0.1) is 6.10 Å². The molecule has 3 heteroatoms. The first kappa shape index (κ1) is 12.1. The Hall–Kier alpha value is -0.930. The number of aliphatic hydroxyl groups excluding tert-OH is 1. The molecule has 0 aliphatic heterocycles. The van der Waals surface area contributed by atoms with E-state index >= 15 is 0 Å². The number of rotatable bonds is 5. The summed E-state index contributed by atoms with van der Waals surface area (Å²) < 4.78 is 12.7. The van der Waals surface area contributed by atoms with Crippen LogP contribution >= 0.6 is 0 Å². The molecule has 0 fully saturated rings. The summed E-state index contributed by atoms with van der Waals surface area (Å²) >= 11 is 0. The Morgan fingerprint density at radius 3 is 2.40 bits per heavy atom. The highest BCUT2D eigenvalue weighted by atomic mass is 19.1. The number of hydrogen-bond acceptors (Lipinski definition) is 2. The molecule has 0 radical (unpaired) electrons. The van der Waals surface area contributed by atoms with Crippen molar-refractivity contribution in [3.05, 3.63) is 35.6 Å². The second-order valence-corrected chi connectivity index (χ2v) is 3.77. The van der Waals surface area contributed by atoms with E-state index in [0.29, 0.717) is 6.54 Å². The summed E-state index contributed by atoms with van der Waals surface area (Å²) in [5.41, 5.74) is 1.06. The molecule has 0 bridgehead atoms. The minimum Gasteiger partial charge on any atom is -0.392 e. The molecule has 2 nitrogen and oxygen atoms in total. The number of nitrogens with one attached hydrogen (secondary N) is 1. The van der Waals surface area contributed by atoms with E-state index in [1.165, 1.54) is 12.1 Å². The first-order valence-corrected chi connectivity index (χ1v) is 5.30. The van der Waals surface area contributed by atoms with Gasteiger partial charge in [-0.25, -0.2) is 4.39 Å². The van der Waals surface area contributed by atoms with Gasteiger partial charge in [-0.2, -0.15) is 0 Å². The first-order chi connectivity index (χ1) is 7.13. The van der Waals surface area contributed by atoms with Crippen LogP contribution in [-0.4, -0.2) is 17.8 Å². The van der Waals surface area contributed by atoms with Gasteiger partial charge in [-0.3, -0.25) is 0 Å². The lowest BCUT2D eigenvalue weighted by atomic mass is 10.0. The second kappa shape index (κ2) is 5.83. The van der Waals surface area contributed by atoms with Crippen LogP contribution in [0.25, 0.3) is 0 Å². The molecule has 0 amide bonds. The highest BCUT2D eigenvalue weighted by Gasteiger charge is 2.09. The van der Waals surface area contributed by atoms with E-state index in [1.54, 1.807) is 19.1 Å². The smallest absolute Gasteiger partial charge is 0.123 e. The van der Waals surface area contributed by atoms with Gasteiger partial charge in [-0.05, 0) is 31.0 Å². The maximum Gasteiger partial charge on any atom is 0.123 e. The third-order valence-electron chi connectivity index (χ3n) is 2.34. The Bertz CT molecular complexity index is 284. The fourth-order valence-corrected chi connectivity index (χ4v) is 1.51. The van der Waals surface area contributed by atoms with Crippen LogP contribution in [0.15, 0.2) is 24.3 Å². The fraction of sp³-hybridized carbons (Fsp3) is 0.500. The molecule has 0 aliphatic rings. The first-order valence-electron chi connectivity index (χ1n) is 5.30. The van der Waals surface area contributed by atoms with Crippen LogP contribution in [0.3, 0.4) is 0 Å². The molecule has 1 rings (SSSR count). The summed E-state index contributed by atoms with van der Waals surface area (Å²) in [6.45, 7) is 4.35. The Morgan fingerprint density at radius 2 is 1.93 bits per heavy atom. The summed E-state index contributed by atoms with van der Waals surface area (Å²) in [5.74, 6) is -0.218.